The maximum absolute atomic E-state index is 13.1. The molecule has 1 aromatic carbocycles. The van der Waals surface area contributed by atoms with Gasteiger partial charge in [-0.1, -0.05) is 13.8 Å². The number of benzene rings is 1. The number of hydrogen-bond donors (Lipinski definition) is 0. The number of nitrogens with zero attached hydrogens (tertiary/aromatic N) is 4. The zero-order chi connectivity index (χ0) is 24.1. The Kier molecular flexibility index (Phi) is 7.88. The molecule has 3 heterocycles. The maximum atomic E-state index is 13.1. The number of hydrogen-bond acceptors (Lipinski definition) is 6. The third-order valence-electron chi connectivity index (χ3n) is 6.59. The average molecular weight is 469 g/mol. The first-order chi connectivity index (χ1) is 16.5. The van der Waals surface area contributed by atoms with Crippen molar-refractivity contribution in [2.75, 3.05) is 57.9 Å². The highest BCUT2D eigenvalue weighted by Gasteiger charge is 2.24. The fourth-order valence-electron chi connectivity index (χ4n) is 4.70. The van der Waals surface area contributed by atoms with Crippen LogP contribution in [0.15, 0.2) is 24.3 Å². The molecule has 8 nitrogen and oxygen atoms in total. The highest BCUT2D eigenvalue weighted by Crippen LogP contribution is 2.28. The lowest BCUT2D eigenvalue weighted by molar-refractivity contribution is -0.135. The lowest BCUT2D eigenvalue weighted by Gasteiger charge is -2.32. The largest absolute Gasteiger partial charge is 0.497 e. The van der Waals surface area contributed by atoms with Crippen LogP contribution in [0, 0.1) is 5.92 Å². The van der Waals surface area contributed by atoms with Crippen LogP contribution in [0.2, 0.25) is 0 Å². The monoisotopic (exact) mass is 468 g/mol. The molecule has 2 aromatic rings. The fourth-order valence-corrected chi connectivity index (χ4v) is 4.70. The predicted molar refractivity (Wildman–Crippen MR) is 132 cm³/mol. The summed E-state index contributed by atoms with van der Waals surface area (Å²) >= 11 is 0. The summed E-state index contributed by atoms with van der Waals surface area (Å²) in [5, 5.41) is 1.02. The van der Waals surface area contributed by atoms with E-state index in [1.165, 1.54) is 0 Å². The molecule has 0 unspecified atom stereocenters. The number of aromatic nitrogens is 1. The van der Waals surface area contributed by atoms with Crippen LogP contribution in [-0.2, 0) is 20.9 Å². The van der Waals surface area contributed by atoms with Crippen molar-refractivity contribution >= 4 is 28.5 Å². The van der Waals surface area contributed by atoms with Crippen LogP contribution in [0.25, 0.3) is 10.9 Å². The van der Waals surface area contributed by atoms with E-state index in [0.29, 0.717) is 39.3 Å². The fraction of sp³-hybridized carbons (Fsp3) is 0.577. The summed E-state index contributed by atoms with van der Waals surface area (Å²) in [6.07, 6.45) is 2.35. The maximum Gasteiger partial charge on any atom is 0.225 e. The Balaban J connectivity index is 1.60. The quantitative estimate of drug-likeness (QED) is 0.563. The van der Waals surface area contributed by atoms with E-state index in [-0.39, 0.29) is 17.7 Å². The Morgan fingerprint density at radius 2 is 2.00 bits per heavy atom. The lowest BCUT2D eigenvalue weighted by atomic mass is 10.1. The van der Waals surface area contributed by atoms with Crippen molar-refractivity contribution in [3.63, 3.8) is 0 Å². The summed E-state index contributed by atoms with van der Waals surface area (Å²) in [7, 11) is 1.66. The summed E-state index contributed by atoms with van der Waals surface area (Å²) in [6, 6.07) is 8.05. The van der Waals surface area contributed by atoms with Gasteiger partial charge < -0.3 is 24.2 Å². The molecule has 0 aliphatic carbocycles. The van der Waals surface area contributed by atoms with E-state index in [1.807, 2.05) is 41.8 Å². The molecule has 0 radical (unpaired) electrons. The molecular formula is C26H36N4O4. The number of amides is 2. The van der Waals surface area contributed by atoms with Gasteiger partial charge >= 0.3 is 0 Å². The van der Waals surface area contributed by atoms with Gasteiger partial charge in [-0.2, -0.15) is 0 Å². The SMILES string of the molecule is COc1ccc2cc(CN(CCCN3CCCC3=O)C(=O)C(C)C)c(N3CCOCC3)nc2c1. The van der Waals surface area contributed by atoms with E-state index >= 15 is 0 Å². The van der Waals surface area contributed by atoms with Gasteiger partial charge in [-0.3, -0.25) is 9.59 Å². The molecular weight excluding hydrogens is 432 g/mol. The number of pyridine rings is 1. The zero-order valence-electron chi connectivity index (χ0n) is 20.6. The molecule has 0 bridgehead atoms. The molecule has 2 aliphatic rings. The van der Waals surface area contributed by atoms with Crippen LogP contribution in [0.5, 0.6) is 5.75 Å². The molecule has 0 atom stereocenters. The van der Waals surface area contributed by atoms with Crippen molar-refractivity contribution in [2.24, 2.45) is 5.92 Å². The molecule has 184 valence electrons. The topological polar surface area (TPSA) is 75.2 Å². The molecule has 2 aliphatic heterocycles. The van der Waals surface area contributed by atoms with Crippen molar-refractivity contribution in [1.29, 1.82) is 0 Å². The smallest absolute Gasteiger partial charge is 0.225 e. The molecule has 0 N–H and O–H groups in total. The van der Waals surface area contributed by atoms with E-state index in [4.69, 9.17) is 14.5 Å². The summed E-state index contributed by atoms with van der Waals surface area (Å²) < 4.78 is 11.0. The van der Waals surface area contributed by atoms with E-state index < -0.39 is 0 Å². The first-order valence-corrected chi connectivity index (χ1v) is 12.3. The summed E-state index contributed by atoms with van der Waals surface area (Å²) in [4.78, 5) is 36.3. The molecule has 8 heteroatoms. The average Bonchev–Trinajstić information content (AvgIpc) is 3.27. The van der Waals surface area contributed by atoms with Crippen LogP contribution in [-0.4, -0.2) is 79.6 Å². The van der Waals surface area contributed by atoms with Crippen LogP contribution >= 0.6 is 0 Å². The van der Waals surface area contributed by atoms with Crippen molar-refractivity contribution in [3.05, 3.63) is 29.8 Å². The summed E-state index contributed by atoms with van der Waals surface area (Å²) in [6.45, 7) is 9.38. The molecule has 2 amide bonds. The second-order valence-electron chi connectivity index (χ2n) is 9.38. The first-order valence-electron chi connectivity index (χ1n) is 12.3. The van der Waals surface area contributed by atoms with Gasteiger partial charge in [0.05, 0.1) is 25.8 Å². The van der Waals surface area contributed by atoms with Crippen molar-refractivity contribution in [3.8, 4) is 5.75 Å². The van der Waals surface area contributed by atoms with Crippen LogP contribution in [0.4, 0.5) is 5.82 Å². The van der Waals surface area contributed by atoms with Gasteiger partial charge in [-0.25, -0.2) is 4.98 Å². The first kappa shape index (κ1) is 24.3. The van der Waals surface area contributed by atoms with Gasteiger partial charge in [0.25, 0.3) is 0 Å². The van der Waals surface area contributed by atoms with Crippen molar-refractivity contribution in [2.45, 2.75) is 39.7 Å². The number of carbonyl (C=O) groups is 2. The van der Waals surface area contributed by atoms with Crippen LogP contribution in [0.3, 0.4) is 0 Å². The van der Waals surface area contributed by atoms with Crippen LogP contribution in [0.1, 0.15) is 38.7 Å². The number of fused-ring (bicyclic) bond motifs is 1. The van der Waals surface area contributed by atoms with Crippen molar-refractivity contribution in [1.82, 2.24) is 14.8 Å². The minimum atomic E-state index is -0.0991. The number of carbonyl (C=O) groups excluding carboxylic acids is 2. The molecule has 4 rings (SSSR count). The lowest BCUT2D eigenvalue weighted by Crippen LogP contribution is -2.39. The number of rotatable bonds is 9. The number of morpholine rings is 1. The van der Waals surface area contributed by atoms with Gasteiger partial charge in [0.2, 0.25) is 11.8 Å². The van der Waals surface area contributed by atoms with Gasteiger partial charge in [-0.05, 0) is 31.0 Å². The zero-order valence-corrected chi connectivity index (χ0v) is 20.6. The molecule has 2 saturated heterocycles. The second-order valence-corrected chi connectivity index (χ2v) is 9.38. The molecule has 34 heavy (non-hydrogen) atoms. The highest BCUT2D eigenvalue weighted by molar-refractivity contribution is 5.84. The number of ether oxygens (including phenoxy) is 2. The Labute approximate surface area is 201 Å². The van der Waals surface area contributed by atoms with E-state index in [0.717, 1.165) is 60.5 Å². The molecule has 2 fully saturated rings. The summed E-state index contributed by atoms with van der Waals surface area (Å²) in [5.41, 5.74) is 1.91. The van der Waals surface area contributed by atoms with Gasteiger partial charge in [0, 0.05) is 68.6 Å². The standard InChI is InChI=1S/C26H36N4O4/c1-19(2)26(32)30(11-5-10-28-9-4-6-24(28)31)18-21-16-20-7-8-22(33-3)17-23(20)27-25(21)29-12-14-34-15-13-29/h7-8,16-17,19H,4-6,9-15,18H2,1-3H3. The van der Waals surface area contributed by atoms with E-state index in [2.05, 4.69) is 11.0 Å². The van der Waals surface area contributed by atoms with E-state index in [1.54, 1.807) is 7.11 Å². The Hall–Kier alpha value is -2.87. The minimum absolute atomic E-state index is 0.0991. The third kappa shape index (κ3) is 5.60. The van der Waals surface area contributed by atoms with Crippen molar-refractivity contribution < 1.29 is 19.1 Å². The Bertz CT molecular complexity index is 1020. The molecule has 0 spiro atoms. The summed E-state index contributed by atoms with van der Waals surface area (Å²) in [5.74, 6) is 1.92. The number of likely N-dealkylation sites (tertiary alicyclic amines) is 1. The Morgan fingerprint density at radius 1 is 1.21 bits per heavy atom. The highest BCUT2D eigenvalue weighted by atomic mass is 16.5. The van der Waals surface area contributed by atoms with Gasteiger partial charge in [0.15, 0.2) is 0 Å². The minimum Gasteiger partial charge on any atom is -0.497 e. The third-order valence-corrected chi connectivity index (χ3v) is 6.59. The molecule has 1 aromatic heterocycles. The molecule has 0 saturated carbocycles. The predicted octanol–water partition coefficient (Wildman–Crippen LogP) is 3.08. The van der Waals surface area contributed by atoms with Gasteiger partial charge in [0.1, 0.15) is 11.6 Å². The number of anilines is 1. The number of methoxy groups -OCH3 is 1. The Morgan fingerprint density at radius 3 is 2.68 bits per heavy atom. The second kappa shape index (κ2) is 11.0. The van der Waals surface area contributed by atoms with E-state index in [9.17, 15) is 9.59 Å². The van der Waals surface area contributed by atoms with Crippen LogP contribution < -0.4 is 9.64 Å². The normalized spacial score (nSPS) is 16.5. The van der Waals surface area contributed by atoms with Gasteiger partial charge in [-0.15, -0.1) is 0 Å².